The van der Waals surface area contributed by atoms with Crippen LogP contribution in [0.25, 0.3) is 11.6 Å². The number of unbranched alkanes of at least 4 members (excludes halogenated alkanes) is 3. The van der Waals surface area contributed by atoms with E-state index in [-0.39, 0.29) is 17.7 Å². The topological polar surface area (TPSA) is 77.4 Å². The summed E-state index contributed by atoms with van der Waals surface area (Å²) in [5.74, 6) is 2.07. The van der Waals surface area contributed by atoms with Crippen molar-refractivity contribution in [2.75, 3.05) is 26.9 Å². The molecule has 0 aromatic heterocycles. The summed E-state index contributed by atoms with van der Waals surface area (Å²) in [7, 11) is 1.60. The van der Waals surface area contributed by atoms with Crippen molar-refractivity contribution in [1.29, 1.82) is 0 Å². The summed E-state index contributed by atoms with van der Waals surface area (Å²) in [4.78, 5) is 32.7. The number of nitrogens with zero attached hydrogens (tertiary/aromatic N) is 2. The number of ketones is 1. The van der Waals surface area contributed by atoms with Crippen molar-refractivity contribution in [3.05, 3.63) is 118 Å². The second-order valence-corrected chi connectivity index (χ2v) is 12.2. The van der Waals surface area contributed by atoms with Gasteiger partial charge in [0.25, 0.3) is 5.91 Å². The Morgan fingerprint density at radius 3 is 2.19 bits per heavy atom. The van der Waals surface area contributed by atoms with Crippen molar-refractivity contribution < 1.29 is 23.8 Å². The molecule has 7 heteroatoms. The molecule has 0 N–H and O–H groups in total. The van der Waals surface area contributed by atoms with Crippen LogP contribution in [-0.4, -0.2) is 55.7 Å². The van der Waals surface area contributed by atoms with Crippen LogP contribution in [0.15, 0.2) is 89.9 Å². The van der Waals surface area contributed by atoms with Crippen molar-refractivity contribution in [3.63, 3.8) is 0 Å². The first-order chi connectivity index (χ1) is 23.1. The zero-order valence-corrected chi connectivity index (χ0v) is 26.6. The van der Waals surface area contributed by atoms with Crippen LogP contribution in [0.3, 0.4) is 0 Å². The SMILES string of the molecule is COc1cc2c(cc1OCCCCCCOc1cccc(C=C3c4ccccc4C(=O)c4ccccc43)c1)N=C[C@@H]1CCCN1C2=O. The lowest BCUT2D eigenvalue weighted by atomic mass is 9.81. The number of methoxy groups -OCH3 is 1. The van der Waals surface area contributed by atoms with Crippen molar-refractivity contribution >= 4 is 35.2 Å². The molecule has 3 aliphatic rings. The zero-order chi connectivity index (χ0) is 32.2. The molecule has 0 spiro atoms. The minimum Gasteiger partial charge on any atom is -0.494 e. The van der Waals surface area contributed by atoms with Gasteiger partial charge in [0.1, 0.15) is 5.75 Å². The fourth-order valence-corrected chi connectivity index (χ4v) is 6.69. The van der Waals surface area contributed by atoms with Gasteiger partial charge in [-0.1, -0.05) is 60.7 Å². The molecule has 2 aliphatic heterocycles. The number of rotatable bonds is 11. The molecule has 1 fully saturated rings. The Morgan fingerprint density at radius 1 is 0.766 bits per heavy atom. The smallest absolute Gasteiger partial charge is 0.256 e. The second-order valence-electron chi connectivity index (χ2n) is 12.2. The molecule has 1 saturated heterocycles. The number of hydrogen-bond acceptors (Lipinski definition) is 6. The minimum atomic E-state index is 0.00859. The van der Waals surface area contributed by atoms with Crippen molar-refractivity contribution in [2.45, 2.75) is 44.6 Å². The standard InChI is InChI=1S/C40H38N2O5/c1-45-37-24-35-36(41-26-28-13-11-19-42(28)40(35)44)25-38(37)47-21-9-3-2-8-20-46-29-14-10-12-27(22-29)23-34-30-15-4-6-17-32(30)39(43)33-18-7-5-16-31(33)34/h4-7,10,12,14-18,22-26,28H,2-3,8-9,11,13,19-21H2,1H3/t28-/m0/s1. The molecule has 0 unspecified atom stereocenters. The number of aliphatic imine (C=N–C) groups is 1. The van der Waals surface area contributed by atoms with Gasteiger partial charge in [-0.25, -0.2) is 0 Å². The highest BCUT2D eigenvalue weighted by Crippen LogP contribution is 2.39. The molecule has 1 aliphatic carbocycles. The number of carbonyl (C=O) groups excluding carboxylic acids is 2. The van der Waals surface area contributed by atoms with Gasteiger partial charge in [0.2, 0.25) is 0 Å². The largest absolute Gasteiger partial charge is 0.494 e. The molecule has 47 heavy (non-hydrogen) atoms. The Labute approximate surface area is 275 Å². The molecule has 0 saturated carbocycles. The average Bonchev–Trinajstić information content (AvgIpc) is 3.54. The second kappa shape index (κ2) is 13.7. The maximum atomic E-state index is 13.1. The molecule has 1 amide bonds. The first kappa shape index (κ1) is 30.5. The normalized spacial score (nSPS) is 16.1. The fraction of sp³-hybridized carbons (Fsp3) is 0.275. The number of carbonyl (C=O) groups is 2. The molecular weight excluding hydrogens is 588 g/mol. The number of amides is 1. The van der Waals surface area contributed by atoms with Crippen LogP contribution in [0.2, 0.25) is 0 Å². The maximum Gasteiger partial charge on any atom is 0.256 e. The van der Waals surface area contributed by atoms with E-state index in [0.29, 0.717) is 36.0 Å². The molecular formula is C40H38N2O5. The third-order valence-electron chi connectivity index (χ3n) is 9.12. The van der Waals surface area contributed by atoms with E-state index in [0.717, 1.165) is 84.2 Å². The lowest BCUT2D eigenvalue weighted by Crippen LogP contribution is -2.35. The molecule has 0 radical (unpaired) electrons. The summed E-state index contributed by atoms with van der Waals surface area (Å²) in [6.07, 6.45) is 9.85. The van der Waals surface area contributed by atoms with Crippen LogP contribution < -0.4 is 14.2 Å². The molecule has 238 valence electrons. The fourth-order valence-electron chi connectivity index (χ4n) is 6.69. The molecule has 4 aromatic carbocycles. The first-order valence-electron chi connectivity index (χ1n) is 16.5. The van der Waals surface area contributed by atoms with Gasteiger partial charge in [-0.15, -0.1) is 0 Å². The predicted molar refractivity (Wildman–Crippen MR) is 184 cm³/mol. The number of ether oxygens (including phenoxy) is 3. The van der Waals surface area contributed by atoms with Gasteiger partial charge in [0.15, 0.2) is 17.3 Å². The van der Waals surface area contributed by atoms with E-state index < -0.39 is 0 Å². The van der Waals surface area contributed by atoms with Crippen LogP contribution in [0.1, 0.15) is 81.5 Å². The Kier molecular flexibility index (Phi) is 8.87. The Hall–Kier alpha value is -5.17. The summed E-state index contributed by atoms with van der Waals surface area (Å²) in [5, 5.41) is 0. The van der Waals surface area contributed by atoms with Gasteiger partial charge in [-0.2, -0.15) is 0 Å². The van der Waals surface area contributed by atoms with Crippen LogP contribution >= 0.6 is 0 Å². The molecule has 0 bridgehead atoms. The van der Waals surface area contributed by atoms with Crippen molar-refractivity contribution in [2.24, 2.45) is 4.99 Å². The highest BCUT2D eigenvalue weighted by atomic mass is 16.5. The molecule has 7 nitrogen and oxygen atoms in total. The summed E-state index contributed by atoms with van der Waals surface area (Å²) >= 11 is 0. The molecule has 2 heterocycles. The molecule has 1 atom stereocenters. The lowest BCUT2D eigenvalue weighted by molar-refractivity contribution is 0.0774. The number of fused-ring (bicyclic) bond motifs is 4. The summed E-state index contributed by atoms with van der Waals surface area (Å²) < 4.78 is 17.8. The first-order valence-corrected chi connectivity index (χ1v) is 16.5. The van der Waals surface area contributed by atoms with Crippen LogP contribution in [-0.2, 0) is 0 Å². The van der Waals surface area contributed by atoms with Crippen molar-refractivity contribution in [1.82, 2.24) is 4.90 Å². The molecule has 4 aromatic rings. The van der Waals surface area contributed by atoms with Gasteiger partial charge < -0.3 is 19.1 Å². The van der Waals surface area contributed by atoms with Crippen LogP contribution in [0, 0.1) is 0 Å². The monoisotopic (exact) mass is 626 g/mol. The summed E-state index contributed by atoms with van der Waals surface area (Å²) in [6, 6.07) is 27.4. The number of benzene rings is 4. The maximum absolute atomic E-state index is 13.1. The van der Waals surface area contributed by atoms with Gasteiger partial charge in [-0.3, -0.25) is 14.6 Å². The Morgan fingerprint density at radius 2 is 1.47 bits per heavy atom. The Bertz CT molecular complexity index is 1820. The van der Waals surface area contributed by atoms with E-state index in [1.807, 2.05) is 77.8 Å². The zero-order valence-electron chi connectivity index (χ0n) is 26.6. The minimum absolute atomic E-state index is 0.00859. The third kappa shape index (κ3) is 6.30. The lowest BCUT2D eigenvalue weighted by Gasteiger charge is -2.21. The van der Waals surface area contributed by atoms with Gasteiger partial charge >= 0.3 is 0 Å². The van der Waals surface area contributed by atoms with Gasteiger partial charge in [0, 0.05) is 30.0 Å². The summed E-state index contributed by atoms with van der Waals surface area (Å²) in [5.41, 5.74) is 6.65. The Balaban J connectivity index is 0.906. The highest BCUT2D eigenvalue weighted by molar-refractivity contribution is 6.20. The number of hydrogen-bond donors (Lipinski definition) is 0. The average molecular weight is 627 g/mol. The van der Waals surface area contributed by atoms with E-state index in [9.17, 15) is 9.59 Å². The van der Waals surface area contributed by atoms with Crippen LogP contribution in [0.5, 0.6) is 17.2 Å². The van der Waals surface area contributed by atoms with E-state index in [4.69, 9.17) is 14.2 Å². The predicted octanol–water partition coefficient (Wildman–Crippen LogP) is 8.17. The van der Waals surface area contributed by atoms with Crippen LogP contribution in [0.4, 0.5) is 5.69 Å². The third-order valence-corrected chi connectivity index (χ3v) is 9.12. The van der Waals surface area contributed by atoms with E-state index in [1.165, 1.54) is 0 Å². The van der Waals surface area contributed by atoms with E-state index in [2.05, 4.69) is 23.2 Å². The summed E-state index contributed by atoms with van der Waals surface area (Å²) in [6.45, 7) is 1.95. The quantitative estimate of drug-likeness (QED) is 0.138. The molecule has 7 rings (SSSR count). The van der Waals surface area contributed by atoms with E-state index in [1.54, 1.807) is 13.2 Å². The van der Waals surface area contributed by atoms with Crippen molar-refractivity contribution in [3.8, 4) is 17.2 Å². The van der Waals surface area contributed by atoms with Gasteiger partial charge in [-0.05, 0) is 85.1 Å². The highest BCUT2D eigenvalue weighted by Gasteiger charge is 2.32. The van der Waals surface area contributed by atoms with E-state index >= 15 is 0 Å². The van der Waals surface area contributed by atoms with Gasteiger partial charge in [0.05, 0.1) is 37.6 Å².